The quantitative estimate of drug-likeness (QED) is 0.579. The Kier molecular flexibility index (Phi) is 3.76. The van der Waals surface area contributed by atoms with Crippen LogP contribution in [0.15, 0.2) is 11.8 Å². The zero-order valence-corrected chi connectivity index (χ0v) is 5.98. The molecule has 2 nitrogen and oxygen atoms in total. The maximum atomic E-state index is 10.4. The highest BCUT2D eigenvalue weighted by Crippen LogP contribution is 1.95. The van der Waals surface area contributed by atoms with E-state index in [9.17, 15) is 4.79 Å². The molecule has 9 heavy (non-hydrogen) atoms. The van der Waals surface area contributed by atoms with Gasteiger partial charge in [0.05, 0.1) is 0 Å². The molecule has 0 aromatic carbocycles. The Bertz CT molecular complexity index is 127. The Morgan fingerprint density at radius 2 is 2.22 bits per heavy atom. The second kappa shape index (κ2) is 4.13. The van der Waals surface area contributed by atoms with Crippen LogP contribution in [0.25, 0.3) is 0 Å². The molecule has 0 aliphatic heterocycles. The molecule has 0 aromatic heterocycles. The van der Waals surface area contributed by atoms with Crippen molar-refractivity contribution in [3.63, 3.8) is 0 Å². The normalized spacial score (nSPS) is 11.6. The van der Waals surface area contributed by atoms with Gasteiger partial charge in [0.25, 0.3) is 0 Å². The molecule has 0 saturated carbocycles. The average molecular weight is 127 g/mol. The van der Waals surface area contributed by atoms with Crippen molar-refractivity contribution in [2.75, 3.05) is 0 Å². The van der Waals surface area contributed by atoms with E-state index in [1.807, 2.05) is 6.92 Å². The lowest BCUT2D eigenvalue weighted by atomic mass is 10.2. The molecule has 0 atom stereocenters. The summed E-state index contributed by atoms with van der Waals surface area (Å²) in [6.45, 7) is 3.53. The van der Waals surface area contributed by atoms with Crippen LogP contribution >= 0.6 is 0 Å². The maximum Gasteiger partial charge on any atom is 0.154 e. The van der Waals surface area contributed by atoms with Gasteiger partial charge in [0.1, 0.15) is 0 Å². The molecule has 0 saturated heterocycles. The maximum absolute atomic E-state index is 10.4. The summed E-state index contributed by atoms with van der Waals surface area (Å²) in [4.78, 5) is 10.4. The van der Waals surface area contributed by atoms with Crippen LogP contribution in [-0.4, -0.2) is 5.78 Å². The Labute approximate surface area is 55.7 Å². The summed E-state index contributed by atoms with van der Waals surface area (Å²) in [7, 11) is 0. The van der Waals surface area contributed by atoms with E-state index in [4.69, 9.17) is 5.73 Å². The lowest BCUT2D eigenvalue weighted by Crippen LogP contribution is -1.98. The Morgan fingerprint density at radius 3 is 2.56 bits per heavy atom. The SMILES string of the molecule is CCCC(N)=CC(C)=O. The average Bonchev–Trinajstić information content (AvgIpc) is 1.63. The topological polar surface area (TPSA) is 43.1 Å². The third kappa shape index (κ3) is 5.07. The van der Waals surface area contributed by atoms with Crippen LogP contribution in [0, 0.1) is 0 Å². The standard InChI is InChI=1S/C7H13NO/c1-3-4-7(8)5-6(2)9/h5H,3-4,8H2,1-2H3. The predicted octanol–water partition coefficient (Wildman–Crippen LogP) is 1.22. The molecule has 52 valence electrons. The van der Waals surface area contributed by atoms with Crippen molar-refractivity contribution in [3.05, 3.63) is 11.8 Å². The highest BCUT2D eigenvalue weighted by Gasteiger charge is 1.89. The summed E-state index contributed by atoms with van der Waals surface area (Å²) < 4.78 is 0. The monoisotopic (exact) mass is 127 g/mol. The highest BCUT2D eigenvalue weighted by molar-refractivity contribution is 5.87. The summed E-state index contributed by atoms with van der Waals surface area (Å²) in [5.41, 5.74) is 6.11. The van der Waals surface area contributed by atoms with Gasteiger partial charge < -0.3 is 5.73 Å². The minimum absolute atomic E-state index is 0.0287. The van der Waals surface area contributed by atoms with E-state index in [0.717, 1.165) is 12.8 Å². The molecule has 0 radical (unpaired) electrons. The number of hydrogen-bond donors (Lipinski definition) is 1. The molecule has 0 aliphatic carbocycles. The molecule has 0 amide bonds. The molecule has 2 N–H and O–H groups in total. The second-order valence-electron chi connectivity index (χ2n) is 2.08. The summed E-state index contributed by atoms with van der Waals surface area (Å²) >= 11 is 0. The predicted molar refractivity (Wildman–Crippen MR) is 37.9 cm³/mol. The molecule has 0 aromatic rings. The number of allylic oxidation sites excluding steroid dienone is 2. The van der Waals surface area contributed by atoms with Crippen LogP contribution in [0.2, 0.25) is 0 Å². The first kappa shape index (κ1) is 8.21. The van der Waals surface area contributed by atoms with Gasteiger partial charge in [0.15, 0.2) is 5.78 Å². The molecule has 0 aliphatic rings. The van der Waals surface area contributed by atoms with Gasteiger partial charge in [-0.1, -0.05) is 13.3 Å². The molecule has 0 heterocycles. The fourth-order valence-electron chi connectivity index (χ4n) is 0.622. The van der Waals surface area contributed by atoms with Crippen LogP contribution in [0.3, 0.4) is 0 Å². The highest BCUT2D eigenvalue weighted by atomic mass is 16.1. The van der Waals surface area contributed by atoms with Gasteiger partial charge in [0.2, 0.25) is 0 Å². The molecule has 2 heteroatoms. The summed E-state index contributed by atoms with van der Waals surface area (Å²) in [6.07, 6.45) is 3.29. The number of ketones is 1. The number of nitrogens with two attached hydrogens (primary N) is 1. The third-order valence-corrected chi connectivity index (χ3v) is 0.927. The largest absolute Gasteiger partial charge is 0.402 e. The number of carbonyl (C=O) groups is 1. The minimum Gasteiger partial charge on any atom is -0.402 e. The van der Waals surface area contributed by atoms with Gasteiger partial charge in [-0.05, 0) is 19.4 Å². The van der Waals surface area contributed by atoms with Crippen molar-refractivity contribution in [3.8, 4) is 0 Å². The summed E-state index contributed by atoms with van der Waals surface area (Å²) in [5.74, 6) is 0.0287. The summed E-state index contributed by atoms with van der Waals surface area (Å²) in [5, 5.41) is 0. The molecule has 0 bridgehead atoms. The Balaban J connectivity index is 3.69. The molecule has 0 fully saturated rings. The molecular weight excluding hydrogens is 114 g/mol. The minimum atomic E-state index is 0.0287. The van der Waals surface area contributed by atoms with E-state index < -0.39 is 0 Å². The first-order valence-corrected chi connectivity index (χ1v) is 3.13. The van der Waals surface area contributed by atoms with Gasteiger partial charge in [-0.15, -0.1) is 0 Å². The Hall–Kier alpha value is -0.790. The van der Waals surface area contributed by atoms with Crippen molar-refractivity contribution in [1.82, 2.24) is 0 Å². The van der Waals surface area contributed by atoms with Crippen molar-refractivity contribution >= 4 is 5.78 Å². The summed E-state index contributed by atoms with van der Waals surface area (Å²) in [6, 6.07) is 0. The number of carbonyl (C=O) groups excluding carboxylic acids is 1. The number of rotatable bonds is 3. The van der Waals surface area contributed by atoms with Crippen LogP contribution in [0.4, 0.5) is 0 Å². The first-order chi connectivity index (χ1) is 4.16. The van der Waals surface area contributed by atoms with Gasteiger partial charge in [-0.25, -0.2) is 0 Å². The fourth-order valence-corrected chi connectivity index (χ4v) is 0.622. The molecular formula is C7H13NO. The van der Waals surface area contributed by atoms with Crippen LogP contribution in [-0.2, 0) is 4.79 Å². The van der Waals surface area contributed by atoms with Gasteiger partial charge in [-0.3, -0.25) is 4.79 Å². The first-order valence-electron chi connectivity index (χ1n) is 3.13. The molecule has 0 rings (SSSR count). The fraction of sp³-hybridized carbons (Fsp3) is 0.571. The zero-order valence-electron chi connectivity index (χ0n) is 5.98. The van der Waals surface area contributed by atoms with E-state index in [1.165, 1.54) is 13.0 Å². The van der Waals surface area contributed by atoms with E-state index in [1.54, 1.807) is 0 Å². The van der Waals surface area contributed by atoms with E-state index >= 15 is 0 Å². The van der Waals surface area contributed by atoms with Gasteiger partial charge in [0, 0.05) is 5.70 Å². The van der Waals surface area contributed by atoms with Crippen LogP contribution < -0.4 is 5.73 Å². The zero-order chi connectivity index (χ0) is 7.28. The van der Waals surface area contributed by atoms with Gasteiger partial charge >= 0.3 is 0 Å². The lowest BCUT2D eigenvalue weighted by molar-refractivity contribution is -0.112. The van der Waals surface area contributed by atoms with Crippen molar-refractivity contribution in [2.24, 2.45) is 5.73 Å². The van der Waals surface area contributed by atoms with E-state index in [-0.39, 0.29) is 5.78 Å². The molecule has 0 unspecified atom stereocenters. The smallest absolute Gasteiger partial charge is 0.154 e. The van der Waals surface area contributed by atoms with Crippen molar-refractivity contribution in [1.29, 1.82) is 0 Å². The third-order valence-electron chi connectivity index (χ3n) is 0.927. The van der Waals surface area contributed by atoms with Gasteiger partial charge in [-0.2, -0.15) is 0 Å². The van der Waals surface area contributed by atoms with Crippen molar-refractivity contribution < 1.29 is 4.79 Å². The molecule has 0 spiro atoms. The van der Waals surface area contributed by atoms with E-state index in [2.05, 4.69) is 0 Å². The lowest BCUT2D eigenvalue weighted by Gasteiger charge is -1.93. The number of hydrogen-bond acceptors (Lipinski definition) is 2. The van der Waals surface area contributed by atoms with Crippen LogP contribution in [0.1, 0.15) is 26.7 Å². The van der Waals surface area contributed by atoms with E-state index in [0.29, 0.717) is 5.70 Å². The second-order valence-corrected chi connectivity index (χ2v) is 2.08. The van der Waals surface area contributed by atoms with Crippen LogP contribution in [0.5, 0.6) is 0 Å². The van der Waals surface area contributed by atoms with Crippen molar-refractivity contribution in [2.45, 2.75) is 26.7 Å². The Morgan fingerprint density at radius 1 is 1.67 bits per heavy atom.